The van der Waals surface area contributed by atoms with Crippen LogP contribution in [0.3, 0.4) is 0 Å². The first-order valence-electron chi connectivity index (χ1n) is 7.47. The van der Waals surface area contributed by atoms with Crippen molar-refractivity contribution in [3.05, 3.63) is 34.0 Å². The topological polar surface area (TPSA) is 51.0 Å². The second kappa shape index (κ2) is 4.94. The Morgan fingerprint density at radius 2 is 2.24 bits per heavy atom. The summed E-state index contributed by atoms with van der Waals surface area (Å²) in [7, 11) is 1.91. The minimum absolute atomic E-state index is 0.0736. The van der Waals surface area contributed by atoms with Crippen molar-refractivity contribution in [3.63, 3.8) is 0 Å². The van der Waals surface area contributed by atoms with E-state index in [1.807, 2.05) is 29.7 Å². The number of aromatic nitrogens is 3. The number of rotatable bonds is 3. The molecule has 0 unspecified atom stereocenters. The predicted octanol–water partition coefficient (Wildman–Crippen LogP) is 2.73. The molecule has 0 N–H and O–H groups in total. The molecule has 0 bridgehead atoms. The Labute approximate surface area is 127 Å². The molecule has 110 valence electrons. The summed E-state index contributed by atoms with van der Waals surface area (Å²) >= 11 is 1.63. The molecule has 5 nitrogen and oxygen atoms in total. The van der Waals surface area contributed by atoms with Crippen LogP contribution < -0.4 is 0 Å². The number of likely N-dealkylation sites (tertiary alicyclic amines) is 1. The molecule has 0 radical (unpaired) electrons. The lowest BCUT2D eigenvalue weighted by atomic mass is 10.1. The van der Waals surface area contributed by atoms with Gasteiger partial charge in [0.15, 0.2) is 0 Å². The molecule has 1 saturated carbocycles. The number of hydrogen-bond acceptors (Lipinski definition) is 4. The standard InChI is InChI=1S/C15H18N4OS/c1-18-8-11(7-16-18)13-3-2-6-19(13)15(20)12-9-21-14(17-12)10-4-5-10/h7-10,13H,2-6H2,1H3/t13-/m0/s1. The van der Waals surface area contributed by atoms with E-state index in [0.29, 0.717) is 11.6 Å². The maximum absolute atomic E-state index is 12.7. The highest BCUT2D eigenvalue weighted by molar-refractivity contribution is 7.10. The third-order valence-corrected chi connectivity index (χ3v) is 5.30. The van der Waals surface area contributed by atoms with Crippen LogP contribution in [0.1, 0.15) is 58.7 Å². The largest absolute Gasteiger partial charge is 0.330 e. The van der Waals surface area contributed by atoms with Crippen LogP contribution in [0, 0.1) is 0 Å². The van der Waals surface area contributed by atoms with Crippen molar-refractivity contribution in [2.75, 3.05) is 6.54 Å². The lowest BCUT2D eigenvalue weighted by Crippen LogP contribution is -2.30. The molecule has 6 heteroatoms. The molecule has 1 aliphatic heterocycles. The molecule has 2 fully saturated rings. The molecule has 4 rings (SSSR count). The molecule has 1 saturated heterocycles. The van der Waals surface area contributed by atoms with Gasteiger partial charge >= 0.3 is 0 Å². The highest BCUT2D eigenvalue weighted by Gasteiger charge is 2.33. The van der Waals surface area contributed by atoms with Gasteiger partial charge in [-0.3, -0.25) is 9.48 Å². The molecular formula is C15H18N4OS. The minimum atomic E-state index is 0.0736. The first kappa shape index (κ1) is 13.0. The summed E-state index contributed by atoms with van der Waals surface area (Å²) in [6.45, 7) is 0.814. The first-order chi connectivity index (χ1) is 10.2. The van der Waals surface area contributed by atoms with Crippen molar-refractivity contribution >= 4 is 17.2 Å². The summed E-state index contributed by atoms with van der Waals surface area (Å²) in [5.41, 5.74) is 1.75. The third kappa shape index (κ3) is 2.37. The van der Waals surface area contributed by atoms with Crippen LogP contribution in [0.2, 0.25) is 0 Å². The maximum Gasteiger partial charge on any atom is 0.273 e. The predicted molar refractivity (Wildman–Crippen MR) is 80.3 cm³/mol. The Balaban J connectivity index is 1.56. The molecule has 0 spiro atoms. The van der Waals surface area contributed by atoms with E-state index in [9.17, 15) is 4.79 Å². The van der Waals surface area contributed by atoms with Gasteiger partial charge in [0, 0.05) is 36.7 Å². The fourth-order valence-electron chi connectivity index (χ4n) is 3.02. The SMILES string of the molecule is Cn1cc([C@@H]2CCCN2C(=O)c2csc(C3CC3)n2)cn1. The molecule has 2 aromatic rings. The van der Waals surface area contributed by atoms with Crippen LogP contribution in [0.5, 0.6) is 0 Å². The molecule has 1 aliphatic carbocycles. The highest BCUT2D eigenvalue weighted by Crippen LogP contribution is 2.41. The monoisotopic (exact) mass is 302 g/mol. The van der Waals surface area contributed by atoms with Crippen LogP contribution >= 0.6 is 11.3 Å². The second-order valence-corrected chi connectivity index (χ2v) is 6.84. The average Bonchev–Trinajstić information content (AvgIpc) is 2.94. The van der Waals surface area contributed by atoms with Crippen LogP contribution in [0.4, 0.5) is 0 Å². The Hall–Kier alpha value is -1.69. The Morgan fingerprint density at radius 1 is 1.38 bits per heavy atom. The van der Waals surface area contributed by atoms with Crippen molar-refractivity contribution in [1.82, 2.24) is 19.7 Å². The van der Waals surface area contributed by atoms with Crippen molar-refractivity contribution in [2.24, 2.45) is 7.05 Å². The number of aryl methyl sites for hydroxylation is 1. The summed E-state index contributed by atoms with van der Waals surface area (Å²) in [6.07, 6.45) is 8.38. The van der Waals surface area contributed by atoms with E-state index in [1.165, 1.54) is 12.8 Å². The van der Waals surface area contributed by atoms with Crippen LogP contribution in [-0.2, 0) is 7.05 Å². The summed E-state index contributed by atoms with van der Waals surface area (Å²) in [6, 6.07) is 0.150. The molecule has 3 heterocycles. The number of carbonyl (C=O) groups excluding carboxylic acids is 1. The Morgan fingerprint density at radius 3 is 2.95 bits per heavy atom. The van der Waals surface area contributed by atoms with Gasteiger partial charge in [-0.15, -0.1) is 11.3 Å². The molecule has 2 aliphatic rings. The van der Waals surface area contributed by atoms with Gasteiger partial charge in [0.1, 0.15) is 5.69 Å². The number of hydrogen-bond donors (Lipinski definition) is 0. The zero-order valence-corrected chi connectivity index (χ0v) is 12.8. The van der Waals surface area contributed by atoms with Gasteiger partial charge in [-0.25, -0.2) is 4.98 Å². The van der Waals surface area contributed by atoms with Crippen molar-refractivity contribution in [1.29, 1.82) is 0 Å². The van der Waals surface area contributed by atoms with E-state index in [0.717, 1.165) is 30.0 Å². The summed E-state index contributed by atoms with van der Waals surface area (Å²) in [5.74, 6) is 0.689. The first-order valence-corrected chi connectivity index (χ1v) is 8.35. The minimum Gasteiger partial charge on any atom is -0.330 e. The van der Waals surface area contributed by atoms with E-state index >= 15 is 0 Å². The van der Waals surface area contributed by atoms with Crippen LogP contribution in [0.25, 0.3) is 0 Å². The van der Waals surface area contributed by atoms with Gasteiger partial charge in [0.2, 0.25) is 0 Å². The lowest BCUT2D eigenvalue weighted by Gasteiger charge is -2.22. The van der Waals surface area contributed by atoms with Gasteiger partial charge in [0.25, 0.3) is 5.91 Å². The summed E-state index contributed by atoms with van der Waals surface area (Å²) < 4.78 is 1.80. The molecule has 0 aromatic carbocycles. The van der Waals surface area contributed by atoms with Gasteiger partial charge in [-0.1, -0.05) is 0 Å². The zero-order chi connectivity index (χ0) is 14.4. The highest BCUT2D eigenvalue weighted by atomic mass is 32.1. The molecule has 21 heavy (non-hydrogen) atoms. The Bertz CT molecular complexity index is 673. The summed E-state index contributed by atoms with van der Waals surface area (Å²) in [4.78, 5) is 19.3. The van der Waals surface area contributed by atoms with Gasteiger partial charge in [-0.2, -0.15) is 5.10 Å². The maximum atomic E-state index is 12.7. The number of carbonyl (C=O) groups is 1. The molecule has 2 aromatic heterocycles. The normalized spacial score (nSPS) is 22.0. The van der Waals surface area contributed by atoms with Gasteiger partial charge in [-0.05, 0) is 25.7 Å². The van der Waals surface area contributed by atoms with E-state index in [4.69, 9.17) is 0 Å². The smallest absolute Gasteiger partial charge is 0.273 e. The summed E-state index contributed by atoms with van der Waals surface area (Å²) in [5, 5.41) is 7.29. The van der Waals surface area contributed by atoms with Crippen molar-refractivity contribution < 1.29 is 4.79 Å². The van der Waals surface area contributed by atoms with Crippen LogP contribution in [0.15, 0.2) is 17.8 Å². The van der Waals surface area contributed by atoms with E-state index in [-0.39, 0.29) is 11.9 Å². The number of nitrogens with zero attached hydrogens (tertiary/aromatic N) is 4. The van der Waals surface area contributed by atoms with E-state index in [2.05, 4.69) is 10.1 Å². The zero-order valence-electron chi connectivity index (χ0n) is 12.0. The number of thiazole rings is 1. The van der Waals surface area contributed by atoms with Gasteiger partial charge in [0.05, 0.1) is 17.2 Å². The number of amides is 1. The molecule has 1 atom stereocenters. The fraction of sp³-hybridized carbons (Fsp3) is 0.533. The Kier molecular flexibility index (Phi) is 3.06. The van der Waals surface area contributed by atoms with Gasteiger partial charge < -0.3 is 4.90 Å². The fourth-order valence-corrected chi connectivity index (χ4v) is 3.98. The van der Waals surface area contributed by atoms with Crippen LogP contribution in [-0.4, -0.2) is 32.1 Å². The van der Waals surface area contributed by atoms with E-state index in [1.54, 1.807) is 16.0 Å². The van der Waals surface area contributed by atoms with Crippen molar-refractivity contribution in [2.45, 2.75) is 37.6 Å². The third-order valence-electron chi connectivity index (χ3n) is 4.29. The molecule has 1 amide bonds. The average molecular weight is 302 g/mol. The van der Waals surface area contributed by atoms with E-state index < -0.39 is 0 Å². The lowest BCUT2D eigenvalue weighted by molar-refractivity contribution is 0.0730. The molecular weight excluding hydrogens is 284 g/mol. The quantitative estimate of drug-likeness (QED) is 0.876. The van der Waals surface area contributed by atoms with Crippen molar-refractivity contribution in [3.8, 4) is 0 Å². The second-order valence-electron chi connectivity index (χ2n) is 5.95.